The fraction of sp³-hybridized carbons (Fsp3) is 0.571. The van der Waals surface area contributed by atoms with Crippen LogP contribution in [0.5, 0.6) is 0 Å². The molecule has 0 radical (unpaired) electrons. The van der Waals surface area contributed by atoms with Gasteiger partial charge in [-0.1, -0.05) is 24.4 Å². The molecule has 0 atom stereocenters. The first kappa shape index (κ1) is 11.2. The van der Waals surface area contributed by atoms with Crippen molar-refractivity contribution < 1.29 is 0 Å². The van der Waals surface area contributed by atoms with Gasteiger partial charge in [0.25, 0.3) is 0 Å². The van der Waals surface area contributed by atoms with Crippen molar-refractivity contribution >= 4 is 23.0 Å². The molecule has 0 saturated heterocycles. The van der Waals surface area contributed by atoms with Crippen LogP contribution in [0.1, 0.15) is 32.6 Å². The largest absolute Gasteiger partial charge is 0.381 e. The van der Waals surface area contributed by atoms with Gasteiger partial charge < -0.3 is 10.2 Å². The number of benzene rings is 1. The third-order valence-electron chi connectivity index (χ3n) is 4.28. The van der Waals surface area contributed by atoms with Gasteiger partial charge in [-0.25, -0.2) is 0 Å². The summed E-state index contributed by atoms with van der Waals surface area (Å²) in [5, 5.41) is 4.39. The first-order valence-corrected chi connectivity index (χ1v) is 6.94. The van der Waals surface area contributed by atoms with Crippen LogP contribution >= 0.6 is 11.6 Å². The quantitative estimate of drug-likeness (QED) is 0.813. The van der Waals surface area contributed by atoms with Crippen molar-refractivity contribution in [1.82, 2.24) is 0 Å². The van der Waals surface area contributed by atoms with Crippen molar-refractivity contribution in [2.24, 2.45) is 0 Å². The Balaban J connectivity index is 2.03. The number of anilines is 2. The fourth-order valence-electron chi connectivity index (χ4n) is 3.48. The zero-order valence-corrected chi connectivity index (χ0v) is 11.1. The molecule has 1 spiro atoms. The summed E-state index contributed by atoms with van der Waals surface area (Å²) in [5.41, 5.74) is 2.87. The van der Waals surface area contributed by atoms with Gasteiger partial charge in [0.15, 0.2) is 0 Å². The van der Waals surface area contributed by atoms with E-state index in [0.29, 0.717) is 5.54 Å². The molecule has 0 amide bonds. The predicted octanol–water partition coefficient (Wildman–Crippen LogP) is 3.90. The van der Waals surface area contributed by atoms with Crippen LogP contribution in [-0.2, 0) is 0 Å². The van der Waals surface area contributed by atoms with E-state index in [0.717, 1.165) is 18.1 Å². The molecule has 2 nitrogen and oxygen atoms in total. The zero-order chi connectivity index (χ0) is 11.9. The molecule has 1 N–H and O–H groups in total. The molecule has 0 aromatic heterocycles. The van der Waals surface area contributed by atoms with Gasteiger partial charge in [0.05, 0.1) is 16.9 Å². The van der Waals surface area contributed by atoms with Crippen LogP contribution in [0.3, 0.4) is 0 Å². The Labute approximate surface area is 108 Å². The van der Waals surface area contributed by atoms with Crippen molar-refractivity contribution in [3.8, 4) is 0 Å². The van der Waals surface area contributed by atoms with Gasteiger partial charge in [0.2, 0.25) is 0 Å². The van der Waals surface area contributed by atoms with E-state index in [9.17, 15) is 0 Å². The topological polar surface area (TPSA) is 15.3 Å². The highest BCUT2D eigenvalue weighted by Gasteiger charge is 2.42. The average Bonchev–Trinajstić information content (AvgIpc) is 2.79. The van der Waals surface area contributed by atoms with Gasteiger partial charge in [-0.15, -0.1) is 0 Å². The highest BCUT2D eigenvalue weighted by Crippen LogP contribution is 2.44. The molecular formula is C14H19ClN2. The summed E-state index contributed by atoms with van der Waals surface area (Å²) in [6, 6.07) is 6.20. The van der Waals surface area contributed by atoms with Crippen LogP contribution in [0.25, 0.3) is 0 Å². The SMILES string of the molecule is CCN1c2ccc(Cl)cc2NCC12CCCC2. The second-order valence-electron chi connectivity index (χ2n) is 5.19. The van der Waals surface area contributed by atoms with E-state index in [1.807, 2.05) is 12.1 Å². The molecule has 1 heterocycles. The standard InChI is InChI=1S/C14H19ClN2/c1-2-17-13-6-5-11(15)9-12(13)16-10-14(17)7-3-4-8-14/h5-6,9,16H,2-4,7-8,10H2,1H3. The third kappa shape index (κ3) is 1.70. The van der Waals surface area contributed by atoms with E-state index in [2.05, 4.69) is 23.2 Å². The minimum Gasteiger partial charge on any atom is -0.381 e. The van der Waals surface area contributed by atoms with E-state index in [1.54, 1.807) is 0 Å². The normalized spacial score (nSPS) is 21.4. The van der Waals surface area contributed by atoms with Crippen LogP contribution < -0.4 is 10.2 Å². The van der Waals surface area contributed by atoms with Gasteiger partial charge in [-0.2, -0.15) is 0 Å². The van der Waals surface area contributed by atoms with Gasteiger partial charge in [0, 0.05) is 18.1 Å². The average molecular weight is 251 g/mol. The number of hydrogen-bond donors (Lipinski definition) is 1. The summed E-state index contributed by atoms with van der Waals surface area (Å²) < 4.78 is 0. The maximum Gasteiger partial charge on any atom is 0.0608 e. The Kier molecular flexibility index (Phi) is 2.70. The summed E-state index contributed by atoms with van der Waals surface area (Å²) >= 11 is 6.06. The molecular weight excluding hydrogens is 232 g/mol. The number of halogens is 1. The van der Waals surface area contributed by atoms with Crippen LogP contribution in [0, 0.1) is 0 Å². The summed E-state index contributed by atoms with van der Waals surface area (Å²) in [4.78, 5) is 2.59. The lowest BCUT2D eigenvalue weighted by molar-refractivity contribution is 0.412. The zero-order valence-electron chi connectivity index (χ0n) is 10.3. The molecule has 92 valence electrons. The molecule has 1 aromatic rings. The van der Waals surface area contributed by atoms with Gasteiger partial charge in [-0.05, 0) is 38.0 Å². The number of nitrogens with zero attached hydrogens (tertiary/aromatic N) is 1. The maximum absolute atomic E-state index is 6.06. The van der Waals surface area contributed by atoms with E-state index in [4.69, 9.17) is 11.6 Å². The van der Waals surface area contributed by atoms with Crippen molar-refractivity contribution in [2.75, 3.05) is 23.3 Å². The highest BCUT2D eigenvalue weighted by molar-refractivity contribution is 6.31. The molecule has 3 rings (SSSR count). The maximum atomic E-state index is 6.06. The second kappa shape index (κ2) is 4.09. The lowest BCUT2D eigenvalue weighted by atomic mass is 9.91. The molecule has 17 heavy (non-hydrogen) atoms. The van der Waals surface area contributed by atoms with Crippen molar-refractivity contribution in [1.29, 1.82) is 0 Å². The number of fused-ring (bicyclic) bond motifs is 1. The highest BCUT2D eigenvalue weighted by atomic mass is 35.5. The van der Waals surface area contributed by atoms with Crippen LogP contribution in [0.2, 0.25) is 5.02 Å². The van der Waals surface area contributed by atoms with Crippen LogP contribution in [0.4, 0.5) is 11.4 Å². The Morgan fingerprint density at radius 3 is 2.82 bits per heavy atom. The van der Waals surface area contributed by atoms with Gasteiger partial charge in [-0.3, -0.25) is 0 Å². The van der Waals surface area contributed by atoms with Crippen molar-refractivity contribution in [2.45, 2.75) is 38.1 Å². The lowest BCUT2D eigenvalue weighted by Gasteiger charge is -2.47. The molecule has 0 bridgehead atoms. The minimum absolute atomic E-state index is 0.357. The van der Waals surface area contributed by atoms with E-state index in [1.165, 1.54) is 37.1 Å². The van der Waals surface area contributed by atoms with Gasteiger partial charge >= 0.3 is 0 Å². The van der Waals surface area contributed by atoms with Crippen molar-refractivity contribution in [3.05, 3.63) is 23.2 Å². The third-order valence-corrected chi connectivity index (χ3v) is 4.52. The summed E-state index contributed by atoms with van der Waals surface area (Å²) in [7, 11) is 0. The second-order valence-corrected chi connectivity index (χ2v) is 5.63. The monoisotopic (exact) mass is 250 g/mol. The molecule has 1 saturated carbocycles. The Morgan fingerprint density at radius 1 is 1.35 bits per heavy atom. The smallest absolute Gasteiger partial charge is 0.0608 e. The molecule has 1 fully saturated rings. The first-order valence-electron chi connectivity index (χ1n) is 6.56. The van der Waals surface area contributed by atoms with Crippen LogP contribution in [0.15, 0.2) is 18.2 Å². The van der Waals surface area contributed by atoms with Crippen molar-refractivity contribution in [3.63, 3.8) is 0 Å². The molecule has 1 aliphatic carbocycles. The first-order chi connectivity index (χ1) is 8.25. The van der Waals surface area contributed by atoms with Crippen LogP contribution in [-0.4, -0.2) is 18.6 Å². The molecule has 3 heteroatoms. The summed E-state index contributed by atoms with van der Waals surface area (Å²) in [6.07, 6.45) is 5.36. The fourth-order valence-corrected chi connectivity index (χ4v) is 3.65. The number of rotatable bonds is 1. The number of hydrogen-bond acceptors (Lipinski definition) is 2. The predicted molar refractivity (Wildman–Crippen MR) is 74.2 cm³/mol. The molecule has 1 aliphatic heterocycles. The minimum atomic E-state index is 0.357. The van der Waals surface area contributed by atoms with Gasteiger partial charge in [0.1, 0.15) is 0 Å². The molecule has 2 aliphatic rings. The molecule has 0 unspecified atom stereocenters. The molecule has 1 aromatic carbocycles. The summed E-state index contributed by atoms with van der Waals surface area (Å²) in [6.45, 7) is 4.40. The summed E-state index contributed by atoms with van der Waals surface area (Å²) in [5.74, 6) is 0. The number of likely N-dealkylation sites (N-methyl/N-ethyl adjacent to an activating group) is 1. The Hall–Kier alpha value is -0.890. The Morgan fingerprint density at radius 2 is 2.12 bits per heavy atom. The Bertz CT molecular complexity index is 424. The van der Waals surface area contributed by atoms with E-state index >= 15 is 0 Å². The van der Waals surface area contributed by atoms with E-state index < -0.39 is 0 Å². The lowest BCUT2D eigenvalue weighted by Crippen LogP contribution is -2.54. The number of nitrogens with one attached hydrogen (secondary N) is 1. The van der Waals surface area contributed by atoms with E-state index in [-0.39, 0.29) is 0 Å².